The summed E-state index contributed by atoms with van der Waals surface area (Å²) in [5.41, 5.74) is 1.71. The molecule has 1 aliphatic carbocycles. The van der Waals surface area contributed by atoms with Crippen molar-refractivity contribution in [3.63, 3.8) is 0 Å². The summed E-state index contributed by atoms with van der Waals surface area (Å²) >= 11 is 0. The van der Waals surface area contributed by atoms with Gasteiger partial charge in [0.1, 0.15) is 0 Å². The van der Waals surface area contributed by atoms with Crippen LogP contribution in [0.1, 0.15) is 33.1 Å². The lowest BCUT2D eigenvalue weighted by Crippen LogP contribution is -2.18. The number of hydrogen-bond acceptors (Lipinski definition) is 0. The van der Waals surface area contributed by atoms with Gasteiger partial charge in [-0.05, 0) is 31.1 Å². The first kappa shape index (κ1) is 6.85. The van der Waals surface area contributed by atoms with Gasteiger partial charge in [-0.1, -0.05) is 26.0 Å². The zero-order valence-electron chi connectivity index (χ0n) is 6.41. The average Bonchev–Trinajstić information content (AvgIpc) is 1.77. The SMILES string of the molecule is C=C1CCC[CH]C1(C)C. The normalized spacial score (nSPS) is 26.2. The van der Waals surface area contributed by atoms with Gasteiger partial charge in [0, 0.05) is 0 Å². The molecule has 0 aromatic rings. The molecule has 0 heterocycles. The Kier molecular flexibility index (Phi) is 1.65. The molecule has 9 heavy (non-hydrogen) atoms. The molecule has 0 bridgehead atoms. The Hall–Kier alpha value is -0.260. The van der Waals surface area contributed by atoms with E-state index in [9.17, 15) is 0 Å². The highest BCUT2D eigenvalue weighted by Gasteiger charge is 2.24. The number of hydrogen-bond donors (Lipinski definition) is 0. The van der Waals surface area contributed by atoms with E-state index in [-0.39, 0.29) is 0 Å². The zero-order valence-corrected chi connectivity index (χ0v) is 6.41. The Morgan fingerprint density at radius 3 is 2.56 bits per heavy atom. The zero-order chi connectivity index (χ0) is 6.91. The van der Waals surface area contributed by atoms with Gasteiger partial charge in [-0.3, -0.25) is 0 Å². The second-order valence-corrected chi connectivity index (χ2v) is 3.42. The lowest BCUT2D eigenvalue weighted by molar-refractivity contribution is 0.439. The summed E-state index contributed by atoms with van der Waals surface area (Å²) in [6, 6.07) is 0. The van der Waals surface area contributed by atoms with Crippen molar-refractivity contribution >= 4 is 0 Å². The van der Waals surface area contributed by atoms with Crippen molar-refractivity contribution in [2.24, 2.45) is 5.41 Å². The monoisotopic (exact) mass is 123 g/mol. The molecule has 0 aromatic carbocycles. The minimum atomic E-state index is 0.318. The van der Waals surface area contributed by atoms with E-state index in [1.807, 2.05) is 0 Å². The van der Waals surface area contributed by atoms with Crippen LogP contribution in [0.25, 0.3) is 0 Å². The van der Waals surface area contributed by atoms with Gasteiger partial charge in [0.2, 0.25) is 0 Å². The van der Waals surface area contributed by atoms with Crippen LogP contribution in [0.2, 0.25) is 0 Å². The van der Waals surface area contributed by atoms with E-state index in [1.54, 1.807) is 0 Å². The fraction of sp³-hybridized carbons (Fsp3) is 0.667. The molecule has 0 unspecified atom stereocenters. The summed E-state index contributed by atoms with van der Waals surface area (Å²) in [5.74, 6) is 0. The van der Waals surface area contributed by atoms with Crippen LogP contribution in [-0.2, 0) is 0 Å². The van der Waals surface area contributed by atoms with Crippen LogP contribution in [0.4, 0.5) is 0 Å². The smallest absolute Gasteiger partial charge is 0.0116 e. The topological polar surface area (TPSA) is 0 Å². The Morgan fingerprint density at radius 1 is 1.56 bits per heavy atom. The maximum Gasteiger partial charge on any atom is -0.0116 e. The number of allylic oxidation sites excluding steroid dienone is 1. The van der Waals surface area contributed by atoms with E-state index in [2.05, 4.69) is 26.8 Å². The standard InChI is InChI=1S/C9H15/c1-8-6-4-5-7-9(8,2)3/h7H,1,4-6H2,2-3H3. The summed E-state index contributed by atoms with van der Waals surface area (Å²) in [4.78, 5) is 0. The third-order valence-electron chi connectivity index (χ3n) is 2.25. The summed E-state index contributed by atoms with van der Waals surface area (Å²) in [6.07, 6.45) is 6.18. The molecule has 1 aliphatic rings. The van der Waals surface area contributed by atoms with Gasteiger partial charge in [0.05, 0.1) is 0 Å². The van der Waals surface area contributed by atoms with E-state index >= 15 is 0 Å². The van der Waals surface area contributed by atoms with Gasteiger partial charge in [0.25, 0.3) is 0 Å². The van der Waals surface area contributed by atoms with Crippen LogP contribution in [0.15, 0.2) is 12.2 Å². The van der Waals surface area contributed by atoms with Crippen LogP contribution in [0.3, 0.4) is 0 Å². The third kappa shape index (κ3) is 1.35. The van der Waals surface area contributed by atoms with Crippen LogP contribution >= 0.6 is 0 Å². The largest absolute Gasteiger partial charge is 0.0993 e. The molecule has 0 amide bonds. The Labute approximate surface area is 58.0 Å². The average molecular weight is 123 g/mol. The lowest BCUT2D eigenvalue weighted by atomic mass is 9.74. The maximum absolute atomic E-state index is 4.04. The molecule has 0 saturated heterocycles. The van der Waals surface area contributed by atoms with Crippen molar-refractivity contribution in [2.45, 2.75) is 33.1 Å². The molecule has 1 rings (SSSR count). The first-order chi connectivity index (χ1) is 4.13. The Balaban J connectivity index is 2.60. The van der Waals surface area contributed by atoms with Crippen LogP contribution < -0.4 is 0 Å². The molecule has 1 radical (unpaired) electrons. The Bertz CT molecular complexity index is 120. The molecule has 0 heteroatoms. The van der Waals surface area contributed by atoms with Crippen molar-refractivity contribution in [1.29, 1.82) is 0 Å². The van der Waals surface area contributed by atoms with Crippen molar-refractivity contribution in [3.8, 4) is 0 Å². The van der Waals surface area contributed by atoms with E-state index in [0.29, 0.717) is 5.41 Å². The molecule has 0 aromatic heterocycles. The van der Waals surface area contributed by atoms with E-state index < -0.39 is 0 Å². The van der Waals surface area contributed by atoms with Crippen molar-refractivity contribution in [2.75, 3.05) is 0 Å². The van der Waals surface area contributed by atoms with Gasteiger partial charge >= 0.3 is 0 Å². The highest BCUT2D eigenvalue weighted by atomic mass is 14.3. The Morgan fingerprint density at radius 2 is 2.22 bits per heavy atom. The fourth-order valence-electron chi connectivity index (χ4n) is 1.24. The third-order valence-corrected chi connectivity index (χ3v) is 2.25. The van der Waals surface area contributed by atoms with Gasteiger partial charge in [-0.2, -0.15) is 0 Å². The summed E-state index contributed by atoms with van der Waals surface area (Å²) < 4.78 is 0. The van der Waals surface area contributed by atoms with E-state index in [4.69, 9.17) is 0 Å². The fourth-order valence-corrected chi connectivity index (χ4v) is 1.24. The summed E-state index contributed by atoms with van der Waals surface area (Å²) in [7, 11) is 0. The van der Waals surface area contributed by atoms with Gasteiger partial charge in [0.15, 0.2) is 0 Å². The van der Waals surface area contributed by atoms with Crippen molar-refractivity contribution in [3.05, 3.63) is 18.6 Å². The quantitative estimate of drug-likeness (QED) is 0.434. The van der Waals surface area contributed by atoms with Crippen molar-refractivity contribution < 1.29 is 0 Å². The molecular weight excluding hydrogens is 108 g/mol. The first-order valence-electron chi connectivity index (χ1n) is 3.65. The van der Waals surface area contributed by atoms with Gasteiger partial charge < -0.3 is 0 Å². The minimum absolute atomic E-state index is 0.318. The predicted molar refractivity (Wildman–Crippen MR) is 41.1 cm³/mol. The van der Waals surface area contributed by atoms with Gasteiger partial charge in [-0.25, -0.2) is 0 Å². The van der Waals surface area contributed by atoms with E-state index in [1.165, 1.54) is 24.8 Å². The molecule has 0 N–H and O–H groups in total. The molecule has 0 aliphatic heterocycles. The second kappa shape index (κ2) is 2.17. The highest BCUT2D eigenvalue weighted by Crippen LogP contribution is 2.37. The highest BCUT2D eigenvalue weighted by molar-refractivity contribution is 5.15. The van der Waals surface area contributed by atoms with Crippen LogP contribution in [-0.4, -0.2) is 0 Å². The molecule has 1 fully saturated rings. The maximum atomic E-state index is 4.04. The second-order valence-electron chi connectivity index (χ2n) is 3.42. The molecule has 0 nitrogen and oxygen atoms in total. The van der Waals surface area contributed by atoms with Crippen molar-refractivity contribution in [1.82, 2.24) is 0 Å². The molecular formula is C9H15. The minimum Gasteiger partial charge on any atom is -0.0993 e. The molecule has 51 valence electrons. The molecule has 1 saturated carbocycles. The predicted octanol–water partition coefficient (Wildman–Crippen LogP) is 2.96. The number of rotatable bonds is 0. The molecule has 0 atom stereocenters. The van der Waals surface area contributed by atoms with E-state index in [0.717, 1.165) is 0 Å². The summed E-state index contributed by atoms with van der Waals surface area (Å²) in [6.45, 7) is 8.52. The first-order valence-corrected chi connectivity index (χ1v) is 3.65. The summed E-state index contributed by atoms with van der Waals surface area (Å²) in [5, 5.41) is 0. The van der Waals surface area contributed by atoms with Crippen LogP contribution in [0.5, 0.6) is 0 Å². The lowest BCUT2D eigenvalue weighted by Gasteiger charge is -2.31. The van der Waals surface area contributed by atoms with Crippen LogP contribution in [0, 0.1) is 11.8 Å². The molecule has 0 spiro atoms. The van der Waals surface area contributed by atoms with Gasteiger partial charge in [-0.15, -0.1) is 0 Å².